The van der Waals surface area contributed by atoms with Gasteiger partial charge >= 0.3 is 5.97 Å². The van der Waals surface area contributed by atoms with Crippen LogP contribution in [0.2, 0.25) is 0 Å². The topological polar surface area (TPSA) is 81.7 Å². The fourth-order valence-corrected chi connectivity index (χ4v) is 2.59. The number of carbonyl (C=O) groups is 3. The van der Waals surface area contributed by atoms with Crippen molar-refractivity contribution in [1.29, 1.82) is 0 Å². The fraction of sp³-hybridized carbons (Fsp3) is 0.318. The van der Waals surface area contributed by atoms with E-state index in [0.717, 1.165) is 5.56 Å². The predicted molar refractivity (Wildman–Crippen MR) is 105 cm³/mol. The van der Waals surface area contributed by atoms with Crippen LogP contribution < -0.4 is 10.1 Å². The van der Waals surface area contributed by atoms with Crippen LogP contribution in [0.5, 0.6) is 5.75 Å². The smallest absolute Gasteiger partial charge is 0.329 e. The van der Waals surface area contributed by atoms with E-state index in [0.29, 0.717) is 11.3 Å². The molecular weight excluding hydrogens is 358 g/mol. The van der Waals surface area contributed by atoms with Gasteiger partial charge < -0.3 is 14.8 Å². The molecule has 2 aromatic carbocycles. The minimum atomic E-state index is -0.820. The summed E-state index contributed by atoms with van der Waals surface area (Å²) in [4.78, 5) is 36.9. The number of nitrogens with one attached hydrogen (secondary N) is 1. The van der Waals surface area contributed by atoms with E-state index >= 15 is 0 Å². The van der Waals surface area contributed by atoms with Crippen LogP contribution in [0, 0.1) is 5.92 Å². The third-order valence-electron chi connectivity index (χ3n) is 4.20. The zero-order chi connectivity index (χ0) is 20.5. The molecule has 0 heterocycles. The van der Waals surface area contributed by atoms with Gasteiger partial charge in [-0.25, -0.2) is 4.79 Å². The molecule has 6 nitrogen and oxygen atoms in total. The quantitative estimate of drug-likeness (QED) is 0.532. The molecule has 0 aliphatic carbocycles. The molecule has 0 fully saturated rings. The SMILES string of the molecule is COc1ccc(C(=O)COC(=O)[C@@H](NC(=O)Cc2ccccc2)C(C)C)cc1. The maximum absolute atomic E-state index is 12.4. The second kappa shape index (κ2) is 10.3. The number of benzene rings is 2. The van der Waals surface area contributed by atoms with Gasteiger partial charge in [-0.2, -0.15) is 0 Å². The number of carbonyl (C=O) groups excluding carboxylic acids is 3. The van der Waals surface area contributed by atoms with Crippen LogP contribution in [0.4, 0.5) is 0 Å². The highest BCUT2D eigenvalue weighted by atomic mass is 16.5. The lowest BCUT2D eigenvalue weighted by atomic mass is 10.0. The Bertz CT molecular complexity index is 799. The van der Waals surface area contributed by atoms with Crippen LogP contribution in [0.25, 0.3) is 0 Å². The lowest BCUT2D eigenvalue weighted by Gasteiger charge is -2.20. The average Bonchev–Trinajstić information content (AvgIpc) is 2.70. The zero-order valence-electron chi connectivity index (χ0n) is 16.3. The number of ether oxygens (including phenoxy) is 2. The Morgan fingerprint density at radius 3 is 2.18 bits per heavy atom. The van der Waals surface area contributed by atoms with Gasteiger partial charge in [-0.05, 0) is 35.7 Å². The molecule has 0 aliphatic rings. The summed E-state index contributed by atoms with van der Waals surface area (Å²) in [6.45, 7) is 3.23. The van der Waals surface area contributed by atoms with Crippen LogP contribution in [0.3, 0.4) is 0 Å². The van der Waals surface area contributed by atoms with Gasteiger partial charge in [-0.1, -0.05) is 44.2 Å². The van der Waals surface area contributed by atoms with Crippen molar-refractivity contribution >= 4 is 17.7 Å². The molecule has 1 N–H and O–H groups in total. The standard InChI is InChI=1S/C22H25NO5/c1-15(2)21(23-20(25)13-16-7-5-4-6-8-16)22(26)28-14-19(24)17-9-11-18(27-3)12-10-17/h4-12,15,21H,13-14H2,1-3H3,(H,23,25)/t21-/m0/s1. The van der Waals surface area contributed by atoms with E-state index in [4.69, 9.17) is 9.47 Å². The van der Waals surface area contributed by atoms with E-state index in [-0.39, 0.29) is 30.6 Å². The summed E-state index contributed by atoms with van der Waals surface area (Å²) in [6, 6.07) is 15.0. The summed E-state index contributed by atoms with van der Waals surface area (Å²) in [7, 11) is 1.54. The summed E-state index contributed by atoms with van der Waals surface area (Å²) >= 11 is 0. The molecule has 0 aromatic heterocycles. The second-order valence-electron chi connectivity index (χ2n) is 6.71. The number of ketones is 1. The van der Waals surface area contributed by atoms with E-state index in [1.165, 1.54) is 7.11 Å². The van der Waals surface area contributed by atoms with Crippen molar-refractivity contribution in [3.05, 3.63) is 65.7 Å². The van der Waals surface area contributed by atoms with Gasteiger partial charge in [-0.3, -0.25) is 9.59 Å². The number of hydrogen-bond donors (Lipinski definition) is 1. The number of methoxy groups -OCH3 is 1. The van der Waals surface area contributed by atoms with E-state index in [2.05, 4.69) is 5.32 Å². The Morgan fingerprint density at radius 2 is 1.61 bits per heavy atom. The van der Waals surface area contributed by atoms with E-state index < -0.39 is 12.0 Å². The number of hydrogen-bond acceptors (Lipinski definition) is 5. The first-order chi connectivity index (χ1) is 13.4. The van der Waals surface area contributed by atoms with Crippen molar-refractivity contribution in [2.45, 2.75) is 26.3 Å². The van der Waals surface area contributed by atoms with E-state index in [1.807, 2.05) is 30.3 Å². The van der Waals surface area contributed by atoms with E-state index in [1.54, 1.807) is 38.1 Å². The van der Waals surface area contributed by atoms with Gasteiger partial charge in [0.2, 0.25) is 5.91 Å². The van der Waals surface area contributed by atoms with Crippen LogP contribution >= 0.6 is 0 Å². The molecule has 28 heavy (non-hydrogen) atoms. The summed E-state index contributed by atoms with van der Waals surface area (Å²) < 4.78 is 10.2. The van der Waals surface area contributed by atoms with Crippen LogP contribution in [-0.4, -0.2) is 37.4 Å². The molecule has 0 bridgehead atoms. The normalized spacial score (nSPS) is 11.6. The van der Waals surface area contributed by atoms with Crippen LogP contribution in [0.1, 0.15) is 29.8 Å². The Balaban J connectivity index is 1.90. The van der Waals surface area contributed by atoms with Gasteiger partial charge in [0, 0.05) is 5.56 Å². The van der Waals surface area contributed by atoms with Gasteiger partial charge in [0.05, 0.1) is 13.5 Å². The third-order valence-corrected chi connectivity index (χ3v) is 4.20. The maximum Gasteiger partial charge on any atom is 0.329 e. The molecular formula is C22H25NO5. The Kier molecular flexibility index (Phi) is 7.75. The summed E-state index contributed by atoms with van der Waals surface area (Å²) in [5.74, 6) is -0.770. The van der Waals surface area contributed by atoms with Crippen molar-refractivity contribution < 1.29 is 23.9 Å². The first-order valence-corrected chi connectivity index (χ1v) is 9.08. The van der Waals surface area contributed by atoms with Crippen molar-refractivity contribution in [3.8, 4) is 5.75 Å². The number of rotatable bonds is 9. The molecule has 1 atom stereocenters. The summed E-state index contributed by atoms with van der Waals surface area (Å²) in [5.41, 5.74) is 1.27. The van der Waals surface area contributed by atoms with Gasteiger partial charge in [0.1, 0.15) is 11.8 Å². The third kappa shape index (κ3) is 6.23. The summed E-state index contributed by atoms with van der Waals surface area (Å²) in [6.07, 6.45) is 0.169. The highest BCUT2D eigenvalue weighted by Gasteiger charge is 2.26. The molecule has 1 amide bonds. The van der Waals surface area contributed by atoms with Crippen molar-refractivity contribution in [2.24, 2.45) is 5.92 Å². The van der Waals surface area contributed by atoms with Crippen molar-refractivity contribution in [1.82, 2.24) is 5.32 Å². The average molecular weight is 383 g/mol. The molecule has 0 saturated heterocycles. The minimum Gasteiger partial charge on any atom is -0.497 e. The predicted octanol–water partition coefficient (Wildman–Crippen LogP) is 2.80. The molecule has 2 aromatic rings. The number of amides is 1. The van der Waals surface area contributed by atoms with Crippen molar-refractivity contribution in [3.63, 3.8) is 0 Å². The molecule has 0 saturated carbocycles. The Morgan fingerprint density at radius 1 is 0.964 bits per heavy atom. The first-order valence-electron chi connectivity index (χ1n) is 9.08. The Hall–Kier alpha value is -3.15. The highest BCUT2D eigenvalue weighted by molar-refractivity contribution is 5.98. The highest BCUT2D eigenvalue weighted by Crippen LogP contribution is 2.12. The molecule has 2 rings (SSSR count). The van der Waals surface area contributed by atoms with Gasteiger partial charge in [-0.15, -0.1) is 0 Å². The molecule has 0 aliphatic heterocycles. The lowest BCUT2D eigenvalue weighted by molar-refractivity contribution is -0.148. The Labute approximate surface area is 164 Å². The monoisotopic (exact) mass is 383 g/mol. The fourth-order valence-electron chi connectivity index (χ4n) is 2.59. The second-order valence-corrected chi connectivity index (χ2v) is 6.71. The zero-order valence-corrected chi connectivity index (χ0v) is 16.3. The van der Waals surface area contributed by atoms with Gasteiger partial charge in [0.15, 0.2) is 12.4 Å². The molecule has 0 unspecified atom stereocenters. The first kappa shape index (κ1) is 21.2. The maximum atomic E-state index is 12.4. The van der Waals surface area contributed by atoms with Gasteiger partial charge in [0.25, 0.3) is 0 Å². The van der Waals surface area contributed by atoms with E-state index in [9.17, 15) is 14.4 Å². The molecule has 0 radical (unpaired) electrons. The molecule has 148 valence electrons. The lowest BCUT2D eigenvalue weighted by Crippen LogP contribution is -2.46. The van der Waals surface area contributed by atoms with Crippen LogP contribution in [-0.2, 0) is 20.7 Å². The van der Waals surface area contributed by atoms with Crippen molar-refractivity contribution in [2.75, 3.05) is 13.7 Å². The minimum absolute atomic E-state index is 0.169. The number of esters is 1. The largest absolute Gasteiger partial charge is 0.497 e. The molecule has 6 heteroatoms. The van der Waals surface area contributed by atoms with Crippen LogP contribution in [0.15, 0.2) is 54.6 Å². The number of Topliss-reactive ketones (excluding diaryl/α,β-unsaturated/α-hetero) is 1. The molecule has 0 spiro atoms. The summed E-state index contributed by atoms with van der Waals surface area (Å²) in [5, 5.41) is 2.70.